The van der Waals surface area contributed by atoms with E-state index in [9.17, 15) is 4.79 Å². The zero-order valence-electron chi connectivity index (χ0n) is 8.25. The molecular weight excluding hydrogens is 210 g/mol. The van der Waals surface area contributed by atoms with Gasteiger partial charge in [-0.25, -0.2) is 4.79 Å². The standard InChI is InChI=1S/C11H11NO2S/c1-7-9(11(13)14)12-10(15-7)8-5-3-2-4-6-8/h2-7,9H,1H3,(H,13,14)/t7-,9-/m0/s1. The third-order valence-electron chi connectivity index (χ3n) is 2.27. The van der Waals surface area contributed by atoms with Crippen LogP contribution in [0, 0.1) is 0 Å². The molecule has 1 heterocycles. The van der Waals surface area contributed by atoms with Crippen molar-refractivity contribution in [1.82, 2.24) is 0 Å². The van der Waals surface area contributed by atoms with Crippen LogP contribution in [0.25, 0.3) is 0 Å². The first kappa shape index (κ1) is 10.2. The van der Waals surface area contributed by atoms with Gasteiger partial charge in [0.15, 0.2) is 6.04 Å². The molecule has 2 rings (SSSR count). The molecule has 0 bridgehead atoms. The molecule has 0 amide bonds. The van der Waals surface area contributed by atoms with E-state index in [1.54, 1.807) is 0 Å². The minimum absolute atomic E-state index is 0.0118. The average Bonchev–Trinajstić information content (AvgIpc) is 2.62. The van der Waals surface area contributed by atoms with Crippen LogP contribution in [0.1, 0.15) is 12.5 Å². The maximum absolute atomic E-state index is 10.9. The smallest absolute Gasteiger partial charge is 0.329 e. The van der Waals surface area contributed by atoms with E-state index >= 15 is 0 Å². The first-order valence-electron chi connectivity index (χ1n) is 4.71. The second-order valence-electron chi connectivity index (χ2n) is 3.41. The molecule has 0 aliphatic carbocycles. The van der Waals surface area contributed by atoms with Gasteiger partial charge in [0.25, 0.3) is 0 Å². The second-order valence-corrected chi connectivity index (χ2v) is 4.77. The first-order chi connectivity index (χ1) is 7.18. The van der Waals surface area contributed by atoms with Crippen LogP contribution >= 0.6 is 11.8 Å². The molecular formula is C11H11NO2S. The fourth-order valence-corrected chi connectivity index (χ4v) is 2.59. The van der Waals surface area contributed by atoms with Crippen molar-refractivity contribution in [3.63, 3.8) is 0 Å². The van der Waals surface area contributed by atoms with Crippen molar-refractivity contribution in [1.29, 1.82) is 0 Å². The molecule has 3 nitrogen and oxygen atoms in total. The molecule has 0 aromatic heterocycles. The molecule has 0 radical (unpaired) electrons. The number of aliphatic imine (C=N–C) groups is 1. The predicted molar refractivity (Wildman–Crippen MR) is 61.5 cm³/mol. The van der Waals surface area contributed by atoms with Crippen LogP contribution in [-0.2, 0) is 4.79 Å². The normalized spacial score (nSPS) is 25.0. The SMILES string of the molecule is C[C@@H]1SC(c2ccccc2)=N[C@@H]1C(=O)O. The van der Waals surface area contributed by atoms with Crippen molar-refractivity contribution in [3.8, 4) is 0 Å². The van der Waals surface area contributed by atoms with Gasteiger partial charge in [0, 0.05) is 10.8 Å². The molecule has 0 saturated carbocycles. The summed E-state index contributed by atoms with van der Waals surface area (Å²) in [5, 5.41) is 9.77. The number of nitrogens with zero attached hydrogens (tertiary/aromatic N) is 1. The molecule has 1 aliphatic rings. The van der Waals surface area contributed by atoms with E-state index in [0.717, 1.165) is 10.6 Å². The van der Waals surface area contributed by atoms with Crippen molar-refractivity contribution in [2.45, 2.75) is 18.2 Å². The topological polar surface area (TPSA) is 49.7 Å². The molecule has 0 fully saturated rings. The second kappa shape index (κ2) is 4.06. The zero-order valence-corrected chi connectivity index (χ0v) is 9.07. The number of benzene rings is 1. The Bertz CT molecular complexity index is 402. The number of carboxylic acid groups (broad SMARTS) is 1. The largest absolute Gasteiger partial charge is 0.480 e. The highest BCUT2D eigenvalue weighted by molar-refractivity contribution is 8.15. The van der Waals surface area contributed by atoms with E-state index in [1.165, 1.54) is 11.8 Å². The molecule has 1 aliphatic heterocycles. The highest BCUT2D eigenvalue weighted by Gasteiger charge is 2.32. The number of hydrogen-bond acceptors (Lipinski definition) is 3. The first-order valence-corrected chi connectivity index (χ1v) is 5.59. The van der Waals surface area contributed by atoms with Crippen LogP contribution in [0.5, 0.6) is 0 Å². The van der Waals surface area contributed by atoms with Gasteiger partial charge < -0.3 is 5.11 Å². The summed E-state index contributed by atoms with van der Waals surface area (Å²) in [6.45, 7) is 1.89. The van der Waals surface area contributed by atoms with Gasteiger partial charge in [0.2, 0.25) is 0 Å². The Hall–Kier alpha value is -1.29. The Kier molecular flexibility index (Phi) is 2.77. The van der Waals surface area contributed by atoms with Gasteiger partial charge in [0.05, 0.1) is 5.04 Å². The average molecular weight is 221 g/mol. The van der Waals surface area contributed by atoms with E-state index in [-0.39, 0.29) is 5.25 Å². The molecule has 4 heteroatoms. The Balaban J connectivity index is 2.27. The highest BCUT2D eigenvalue weighted by atomic mass is 32.2. The molecule has 1 aromatic carbocycles. The zero-order chi connectivity index (χ0) is 10.8. The Labute approximate surface area is 92.2 Å². The van der Waals surface area contributed by atoms with E-state index in [0.29, 0.717) is 0 Å². The number of aliphatic carboxylic acids is 1. The van der Waals surface area contributed by atoms with Crippen molar-refractivity contribution in [2.75, 3.05) is 0 Å². The van der Waals surface area contributed by atoms with E-state index in [1.807, 2.05) is 37.3 Å². The lowest BCUT2D eigenvalue weighted by atomic mass is 10.2. The minimum Gasteiger partial charge on any atom is -0.480 e. The number of rotatable bonds is 2. The van der Waals surface area contributed by atoms with Crippen LogP contribution < -0.4 is 0 Å². The van der Waals surface area contributed by atoms with Crippen LogP contribution in [0.15, 0.2) is 35.3 Å². The van der Waals surface area contributed by atoms with E-state index < -0.39 is 12.0 Å². The van der Waals surface area contributed by atoms with E-state index in [2.05, 4.69) is 4.99 Å². The number of carboxylic acids is 1. The summed E-state index contributed by atoms with van der Waals surface area (Å²) in [5.74, 6) is -0.846. The van der Waals surface area contributed by atoms with Gasteiger partial charge in [-0.2, -0.15) is 0 Å². The van der Waals surface area contributed by atoms with Crippen molar-refractivity contribution in [3.05, 3.63) is 35.9 Å². The monoisotopic (exact) mass is 221 g/mol. The van der Waals surface area contributed by atoms with Gasteiger partial charge in [-0.15, -0.1) is 11.8 Å². The van der Waals surface area contributed by atoms with Crippen molar-refractivity contribution >= 4 is 22.8 Å². The van der Waals surface area contributed by atoms with Crippen LogP contribution in [0.2, 0.25) is 0 Å². The number of thioether (sulfide) groups is 1. The molecule has 1 aromatic rings. The maximum atomic E-state index is 10.9. The van der Waals surface area contributed by atoms with Crippen molar-refractivity contribution in [2.24, 2.45) is 4.99 Å². The summed E-state index contributed by atoms with van der Waals surface area (Å²) >= 11 is 1.52. The molecule has 2 atom stereocenters. The summed E-state index contributed by atoms with van der Waals surface area (Å²) in [6.07, 6.45) is 0. The molecule has 15 heavy (non-hydrogen) atoms. The van der Waals surface area contributed by atoms with Gasteiger partial charge in [-0.1, -0.05) is 37.3 Å². The lowest BCUT2D eigenvalue weighted by Gasteiger charge is -2.05. The van der Waals surface area contributed by atoms with E-state index in [4.69, 9.17) is 5.11 Å². The summed E-state index contributed by atoms with van der Waals surface area (Å²) in [5.41, 5.74) is 0.998. The third-order valence-corrected chi connectivity index (χ3v) is 3.47. The highest BCUT2D eigenvalue weighted by Crippen LogP contribution is 2.30. The quantitative estimate of drug-likeness (QED) is 0.831. The van der Waals surface area contributed by atoms with Gasteiger partial charge in [-0.05, 0) is 0 Å². The minimum atomic E-state index is -0.846. The fraction of sp³-hybridized carbons (Fsp3) is 0.273. The van der Waals surface area contributed by atoms with Crippen LogP contribution in [-0.4, -0.2) is 27.4 Å². The lowest BCUT2D eigenvalue weighted by Crippen LogP contribution is -2.24. The molecule has 78 valence electrons. The van der Waals surface area contributed by atoms with Crippen LogP contribution in [0.3, 0.4) is 0 Å². The number of hydrogen-bond donors (Lipinski definition) is 1. The Morgan fingerprint density at radius 1 is 1.40 bits per heavy atom. The summed E-state index contributed by atoms with van der Waals surface area (Å²) in [4.78, 5) is 15.1. The number of carbonyl (C=O) groups is 1. The molecule has 0 saturated heterocycles. The fourth-order valence-electron chi connectivity index (χ4n) is 1.48. The summed E-state index contributed by atoms with van der Waals surface area (Å²) < 4.78 is 0. The van der Waals surface area contributed by atoms with Crippen molar-refractivity contribution < 1.29 is 9.90 Å². The summed E-state index contributed by atoms with van der Waals surface area (Å²) in [7, 11) is 0. The molecule has 0 spiro atoms. The maximum Gasteiger partial charge on any atom is 0.329 e. The van der Waals surface area contributed by atoms with Gasteiger partial charge in [0.1, 0.15) is 0 Å². The van der Waals surface area contributed by atoms with Gasteiger partial charge >= 0.3 is 5.97 Å². The Morgan fingerprint density at radius 2 is 2.07 bits per heavy atom. The predicted octanol–water partition coefficient (Wildman–Crippen LogP) is 2.02. The third kappa shape index (κ3) is 2.04. The summed E-state index contributed by atoms with van der Waals surface area (Å²) in [6, 6.07) is 9.08. The van der Waals surface area contributed by atoms with Gasteiger partial charge in [-0.3, -0.25) is 4.99 Å². The molecule has 0 unspecified atom stereocenters. The Morgan fingerprint density at radius 3 is 2.60 bits per heavy atom. The lowest BCUT2D eigenvalue weighted by molar-refractivity contribution is -0.138. The molecule has 1 N–H and O–H groups in total. The van der Waals surface area contributed by atoms with Crippen LogP contribution in [0.4, 0.5) is 0 Å².